The summed E-state index contributed by atoms with van der Waals surface area (Å²) < 4.78 is 11.2. The van der Waals surface area contributed by atoms with Crippen molar-refractivity contribution in [1.82, 2.24) is 4.90 Å². The van der Waals surface area contributed by atoms with Crippen LogP contribution in [0, 0.1) is 5.92 Å². The lowest BCUT2D eigenvalue weighted by atomic mass is 9.56. The summed E-state index contributed by atoms with van der Waals surface area (Å²) in [5.41, 5.74) is 2.76. The molecule has 1 spiro atoms. The number of fused-ring (bicyclic) bond motifs is 4. The van der Waals surface area contributed by atoms with Crippen LogP contribution in [0.25, 0.3) is 0 Å². The third-order valence-electron chi connectivity index (χ3n) is 8.24. The normalized spacial score (nSPS) is 42.4. The Morgan fingerprint density at radius 3 is 2.74 bits per heavy atom. The lowest BCUT2D eigenvalue weighted by Gasteiger charge is -2.49. The number of aliphatic carboxylic acids is 1. The van der Waals surface area contributed by atoms with Crippen molar-refractivity contribution in [2.24, 2.45) is 5.92 Å². The molecule has 1 aromatic carbocycles. The fourth-order valence-corrected chi connectivity index (χ4v) is 6.40. The zero-order chi connectivity index (χ0) is 21.9. The Hall–Kier alpha value is -1.71. The molecule has 1 aromatic rings. The molecular formula is C23H31NO7. The number of carboxylic acids is 1. The monoisotopic (exact) mass is 433 g/mol. The van der Waals surface area contributed by atoms with Gasteiger partial charge < -0.3 is 34.8 Å². The molecule has 5 aliphatic rings. The molecule has 0 unspecified atom stereocenters. The number of hydrogen-bond donors (Lipinski definition) is 4. The van der Waals surface area contributed by atoms with Crippen LogP contribution in [0.2, 0.25) is 0 Å². The summed E-state index contributed by atoms with van der Waals surface area (Å²) in [7, 11) is 2.22. The maximum Gasteiger partial charge on any atom is 0.335 e. The molecule has 2 bridgehead atoms. The van der Waals surface area contributed by atoms with Gasteiger partial charge in [-0.25, -0.2) is 4.79 Å². The summed E-state index contributed by atoms with van der Waals surface area (Å²) in [6, 6.07) is 6.56. The number of benzene rings is 1. The van der Waals surface area contributed by atoms with Crippen molar-refractivity contribution in [2.45, 2.75) is 80.7 Å². The lowest BCUT2D eigenvalue weighted by molar-refractivity contribution is -0.271. The van der Waals surface area contributed by atoms with E-state index in [4.69, 9.17) is 9.47 Å². The van der Waals surface area contributed by atoms with E-state index in [0.29, 0.717) is 17.7 Å². The molecule has 8 heteroatoms. The predicted molar refractivity (Wildman–Crippen MR) is 110 cm³/mol. The molecule has 0 aromatic heterocycles. The zero-order valence-electron chi connectivity index (χ0n) is 17.7. The Morgan fingerprint density at radius 1 is 1.16 bits per heavy atom. The molecule has 0 radical (unpaired) electrons. The SMILES string of the molecule is CN1CC[C@]23CC[C@H]1C[C@H]2CCc1ccc(O[C@@H]2O[C@H](C(=O)O)[C@@H](O)[C@H](O)[C@H]2O)cc13. The van der Waals surface area contributed by atoms with Crippen LogP contribution in [-0.2, 0) is 21.4 Å². The zero-order valence-corrected chi connectivity index (χ0v) is 17.7. The second kappa shape index (κ2) is 7.71. The Morgan fingerprint density at radius 2 is 1.97 bits per heavy atom. The van der Waals surface area contributed by atoms with E-state index < -0.39 is 36.7 Å². The Labute approximate surface area is 181 Å². The first-order valence-electron chi connectivity index (χ1n) is 11.2. The number of aliphatic hydroxyl groups excluding tert-OH is 3. The Kier molecular flexibility index (Phi) is 5.26. The molecule has 3 heterocycles. The highest BCUT2D eigenvalue weighted by atomic mass is 16.7. The molecule has 3 saturated heterocycles. The number of nitrogens with zero attached hydrogens (tertiary/aromatic N) is 1. The Bertz CT molecular complexity index is 862. The highest BCUT2D eigenvalue weighted by Crippen LogP contribution is 2.55. The molecule has 31 heavy (non-hydrogen) atoms. The van der Waals surface area contributed by atoms with Gasteiger partial charge in [0, 0.05) is 6.04 Å². The smallest absolute Gasteiger partial charge is 0.335 e. The Balaban J connectivity index is 1.44. The van der Waals surface area contributed by atoms with Crippen molar-refractivity contribution in [2.75, 3.05) is 13.6 Å². The second-order valence-corrected chi connectivity index (χ2v) is 9.72. The molecule has 8 nitrogen and oxygen atoms in total. The van der Waals surface area contributed by atoms with Gasteiger partial charge in [0.1, 0.15) is 24.1 Å². The van der Waals surface area contributed by atoms with Gasteiger partial charge >= 0.3 is 5.97 Å². The number of aryl methyl sites for hydroxylation is 1. The summed E-state index contributed by atoms with van der Waals surface area (Å²) in [5.74, 6) is -0.298. The number of rotatable bonds is 3. The summed E-state index contributed by atoms with van der Waals surface area (Å²) >= 11 is 0. The van der Waals surface area contributed by atoms with Gasteiger partial charge in [0.15, 0.2) is 6.10 Å². The van der Waals surface area contributed by atoms with E-state index in [1.165, 1.54) is 30.4 Å². The molecular weight excluding hydrogens is 402 g/mol. The van der Waals surface area contributed by atoms with Crippen LogP contribution in [0.1, 0.15) is 43.2 Å². The number of aliphatic hydroxyl groups is 3. The van der Waals surface area contributed by atoms with Gasteiger partial charge in [-0.3, -0.25) is 0 Å². The van der Waals surface area contributed by atoms with Crippen LogP contribution in [0.4, 0.5) is 0 Å². The van der Waals surface area contributed by atoms with Crippen LogP contribution in [-0.4, -0.2) is 81.6 Å². The highest BCUT2D eigenvalue weighted by molar-refractivity contribution is 5.73. The van der Waals surface area contributed by atoms with E-state index in [2.05, 4.69) is 18.0 Å². The number of carboxylic acid groups (broad SMARTS) is 1. The largest absolute Gasteiger partial charge is 0.479 e. The minimum atomic E-state index is -1.73. The third-order valence-corrected chi connectivity index (χ3v) is 8.24. The first kappa shape index (κ1) is 21.2. The third kappa shape index (κ3) is 3.36. The topological polar surface area (TPSA) is 120 Å². The summed E-state index contributed by atoms with van der Waals surface area (Å²) in [6.45, 7) is 1.07. The van der Waals surface area contributed by atoms with Crippen LogP contribution in [0.15, 0.2) is 18.2 Å². The summed E-state index contributed by atoms with van der Waals surface area (Å²) in [6.07, 6.45) is -1.12. The second-order valence-electron chi connectivity index (χ2n) is 9.72. The van der Waals surface area contributed by atoms with E-state index in [-0.39, 0.29) is 5.41 Å². The average molecular weight is 434 g/mol. The quantitative estimate of drug-likeness (QED) is 0.549. The minimum Gasteiger partial charge on any atom is -0.479 e. The molecule has 4 fully saturated rings. The van der Waals surface area contributed by atoms with E-state index in [0.717, 1.165) is 25.8 Å². The maximum absolute atomic E-state index is 11.4. The van der Waals surface area contributed by atoms with E-state index in [1.807, 2.05) is 12.1 Å². The van der Waals surface area contributed by atoms with Gasteiger partial charge in [-0.15, -0.1) is 0 Å². The molecule has 2 aliphatic carbocycles. The summed E-state index contributed by atoms with van der Waals surface area (Å²) in [4.78, 5) is 13.9. The van der Waals surface area contributed by atoms with Gasteiger partial charge in [0.25, 0.3) is 0 Å². The van der Waals surface area contributed by atoms with Crippen LogP contribution >= 0.6 is 0 Å². The molecule has 3 aliphatic heterocycles. The first-order chi connectivity index (χ1) is 14.8. The van der Waals surface area contributed by atoms with Crippen molar-refractivity contribution in [3.63, 3.8) is 0 Å². The van der Waals surface area contributed by atoms with Gasteiger partial charge in [0.05, 0.1) is 0 Å². The first-order valence-corrected chi connectivity index (χ1v) is 11.2. The highest BCUT2D eigenvalue weighted by Gasteiger charge is 2.51. The van der Waals surface area contributed by atoms with Gasteiger partial charge in [-0.2, -0.15) is 0 Å². The number of hydrogen-bond acceptors (Lipinski definition) is 7. The van der Waals surface area contributed by atoms with Crippen LogP contribution < -0.4 is 4.74 Å². The van der Waals surface area contributed by atoms with Crippen molar-refractivity contribution in [1.29, 1.82) is 0 Å². The van der Waals surface area contributed by atoms with E-state index >= 15 is 0 Å². The molecule has 4 N–H and O–H groups in total. The van der Waals surface area contributed by atoms with Crippen molar-refractivity contribution in [3.05, 3.63) is 29.3 Å². The van der Waals surface area contributed by atoms with Crippen LogP contribution in [0.3, 0.4) is 0 Å². The predicted octanol–water partition coefficient (Wildman–Crippen LogP) is 0.646. The van der Waals surface area contributed by atoms with Gasteiger partial charge in [-0.1, -0.05) is 6.07 Å². The summed E-state index contributed by atoms with van der Waals surface area (Å²) in [5, 5.41) is 39.5. The van der Waals surface area contributed by atoms with Crippen molar-refractivity contribution < 1.29 is 34.7 Å². The molecule has 1 saturated carbocycles. The van der Waals surface area contributed by atoms with Crippen LogP contribution in [0.5, 0.6) is 5.75 Å². The van der Waals surface area contributed by atoms with E-state index in [1.54, 1.807) is 0 Å². The standard InChI is InChI=1S/C23H31NO7/c1-24-9-8-23-7-6-14(24)10-13(23)4-2-12-3-5-15(11-16(12)23)30-22-19(27)17(25)18(26)20(31-22)21(28)29/h3,5,11,13-14,17-20,22,25-27H,2,4,6-10H2,1H3,(H,28,29)/t13-,14+,17+,18+,19-,20+,22-,23-/m1/s1. The molecule has 6 rings (SSSR count). The maximum atomic E-state index is 11.4. The van der Waals surface area contributed by atoms with Crippen molar-refractivity contribution in [3.8, 4) is 5.75 Å². The number of ether oxygens (including phenoxy) is 2. The minimum absolute atomic E-state index is 0.125. The van der Waals surface area contributed by atoms with Gasteiger partial charge in [-0.05, 0) is 86.7 Å². The molecule has 0 amide bonds. The van der Waals surface area contributed by atoms with Crippen molar-refractivity contribution >= 4 is 5.97 Å². The van der Waals surface area contributed by atoms with Gasteiger partial charge in [0.2, 0.25) is 6.29 Å². The molecule has 8 atom stereocenters. The average Bonchev–Trinajstić information content (AvgIpc) is 3.01. The van der Waals surface area contributed by atoms with E-state index in [9.17, 15) is 25.2 Å². The fourth-order valence-electron chi connectivity index (χ4n) is 6.40. The fraction of sp³-hybridized carbons (Fsp3) is 0.696. The lowest BCUT2D eigenvalue weighted by Crippen LogP contribution is -2.61. The molecule has 170 valence electrons. The number of carbonyl (C=O) groups is 1.